The van der Waals surface area contributed by atoms with Gasteiger partial charge in [-0.2, -0.15) is 0 Å². The van der Waals surface area contributed by atoms with Gasteiger partial charge in [-0.3, -0.25) is 4.79 Å². The number of nitrogens with one attached hydrogen (secondary N) is 2. The fraction of sp³-hybridized carbons (Fsp3) is 0.133. The molecule has 0 spiro atoms. The number of amides is 1. The molecule has 0 fully saturated rings. The molecule has 0 aliphatic rings. The summed E-state index contributed by atoms with van der Waals surface area (Å²) in [5, 5.41) is 5.64. The van der Waals surface area contributed by atoms with Gasteiger partial charge in [-0.1, -0.05) is 0 Å². The number of aryl methyl sites for hydroxylation is 1. The summed E-state index contributed by atoms with van der Waals surface area (Å²) in [6.07, 6.45) is 0. The summed E-state index contributed by atoms with van der Waals surface area (Å²) in [5.41, 5.74) is 8.75. The minimum absolute atomic E-state index is 0.191. The molecular weight excluding hydrogens is 257 g/mol. The van der Waals surface area contributed by atoms with Crippen LogP contribution in [0.1, 0.15) is 15.9 Å². The number of hydrogen-bond acceptors (Lipinski definition) is 3. The number of nitrogen functional groups attached to an aromatic ring is 1. The van der Waals surface area contributed by atoms with Gasteiger partial charge in [-0.05, 0) is 48.9 Å². The van der Waals surface area contributed by atoms with Crippen LogP contribution in [0, 0.1) is 12.7 Å². The molecule has 4 nitrogen and oxygen atoms in total. The third kappa shape index (κ3) is 2.88. The maximum atomic E-state index is 13.2. The molecule has 0 atom stereocenters. The van der Waals surface area contributed by atoms with E-state index in [9.17, 15) is 9.18 Å². The highest BCUT2D eigenvalue weighted by Gasteiger charge is 2.07. The van der Waals surface area contributed by atoms with E-state index in [1.165, 1.54) is 6.07 Å². The molecule has 0 aliphatic carbocycles. The van der Waals surface area contributed by atoms with Crippen LogP contribution in [-0.2, 0) is 0 Å². The zero-order chi connectivity index (χ0) is 14.7. The Hall–Kier alpha value is -2.56. The van der Waals surface area contributed by atoms with Crippen molar-refractivity contribution >= 4 is 23.0 Å². The molecular formula is C15H16FN3O. The van der Waals surface area contributed by atoms with E-state index in [-0.39, 0.29) is 11.7 Å². The highest BCUT2D eigenvalue weighted by atomic mass is 19.1. The normalized spacial score (nSPS) is 10.2. The highest BCUT2D eigenvalue weighted by molar-refractivity contribution is 5.96. The largest absolute Gasteiger partial charge is 0.397 e. The number of rotatable bonds is 3. The van der Waals surface area contributed by atoms with Crippen LogP contribution < -0.4 is 16.4 Å². The van der Waals surface area contributed by atoms with Crippen molar-refractivity contribution in [3.05, 3.63) is 53.3 Å². The monoisotopic (exact) mass is 273 g/mol. The SMILES string of the molecule is CNC(=O)c1ccc(N)c(Nc2ccc(F)c(C)c2)c1. The van der Waals surface area contributed by atoms with Gasteiger partial charge in [0.05, 0.1) is 11.4 Å². The fourth-order valence-corrected chi connectivity index (χ4v) is 1.83. The summed E-state index contributed by atoms with van der Waals surface area (Å²) in [6.45, 7) is 1.69. The Bertz CT molecular complexity index is 656. The van der Waals surface area contributed by atoms with Crippen molar-refractivity contribution in [1.29, 1.82) is 0 Å². The standard InChI is InChI=1S/C15H16FN3O/c1-9-7-11(4-5-12(9)16)19-14-8-10(15(20)18-2)3-6-13(14)17/h3-8,19H,17H2,1-2H3,(H,18,20). The van der Waals surface area contributed by atoms with Crippen LogP contribution in [0.4, 0.5) is 21.5 Å². The molecule has 0 bridgehead atoms. The molecule has 20 heavy (non-hydrogen) atoms. The number of nitrogens with two attached hydrogens (primary N) is 1. The molecule has 2 aromatic carbocycles. The Morgan fingerprint density at radius 2 is 1.95 bits per heavy atom. The summed E-state index contributed by atoms with van der Waals surface area (Å²) in [4.78, 5) is 11.6. The smallest absolute Gasteiger partial charge is 0.251 e. The molecule has 4 N–H and O–H groups in total. The number of anilines is 3. The lowest BCUT2D eigenvalue weighted by molar-refractivity contribution is 0.0963. The predicted octanol–water partition coefficient (Wildman–Crippen LogP) is 2.82. The van der Waals surface area contributed by atoms with Crippen molar-refractivity contribution in [2.45, 2.75) is 6.92 Å². The van der Waals surface area contributed by atoms with Crippen LogP contribution in [0.3, 0.4) is 0 Å². The average Bonchev–Trinajstić information content (AvgIpc) is 2.44. The van der Waals surface area contributed by atoms with Crippen molar-refractivity contribution in [1.82, 2.24) is 5.32 Å². The summed E-state index contributed by atoms with van der Waals surface area (Å²) < 4.78 is 13.2. The van der Waals surface area contributed by atoms with Crippen molar-refractivity contribution in [3.8, 4) is 0 Å². The third-order valence-electron chi connectivity index (χ3n) is 2.98. The Morgan fingerprint density at radius 3 is 2.60 bits per heavy atom. The first-order valence-corrected chi connectivity index (χ1v) is 6.16. The molecule has 2 rings (SSSR count). The predicted molar refractivity (Wildman–Crippen MR) is 78.7 cm³/mol. The molecule has 0 saturated carbocycles. The van der Waals surface area contributed by atoms with E-state index in [1.807, 2.05) is 0 Å². The number of benzene rings is 2. The van der Waals surface area contributed by atoms with Crippen LogP contribution in [0.2, 0.25) is 0 Å². The summed E-state index contributed by atoms with van der Waals surface area (Å²) in [7, 11) is 1.56. The van der Waals surface area contributed by atoms with Gasteiger partial charge in [0.15, 0.2) is 0 Å². The molecule has 0 radical (unpaired) electrons. The van der Waals surface area contributed by atoms with Gasteiger partial charge in [0.25, 0.3) is 5.91 Å². The van der Waals surface area contributed by atoms with Gasteiger partial charge in [0, 0.05) is 18.3 Å². The van der Waals surface area contributed by atoms with Crippen LogP contribution in [0.15, 0.2) is 36.4 Å². The highest BCUT2D eigenvalue weighted by Crippen LogP contribution is 2.25. The lowest BCUT2D eigenvalue weighted by atomic mass is 10.1. The zero-order valence-electron chi connectivity index (χ0n) is 11.3. The molecule has 2 aromatic rings. The Morgan fingerprint density at radius 1 is 1.20 bits per heavy atom. The van der Waals surface area contributed by atoms with E-state index < -0.39 is 0 Å². The van der Waals surface area contributed by atoms with Crippen molar-refractivity contribution in [2.24, 2.45) is 0 Å². The van der Waals surface area contributed by atoms with Crippen LogP contribution in [-0.4, -0.2) is 13.0 Å². The van der Waals surface area contributed by atoms with Gasteiger partial charge in [-0.15, -0.1) is 0 Å². The second-order valence-electron chi connectivity index (χ2n) is 4.47. The van der Waals surface area contributed by atoms with E-state index in [0.29, 0.717) is 28.2 Å². The topological polar surface area (TPSA) is 67.2 Å². The summed E-state index contributed by atoms with van der Waals surface area (Å²) in [6, 6.07) is 9.65. The minimum Gasteiger partial charge on any atom is -0.397 e. The molecule has 5 heteroatoms. The minimum atomic E-state index is -0.261. The Kier molecular flexibility index (Phi) is 3.89. The number of carbonyl (C=O) groups is 1. The number of carbonyl (C=O) groups excluding carboxylic acids is 1. The van der Waals surface area contributed by atoms with E-state index in [1.54, 1.807) is 44.3 Å². The molecule has 0 aromatic heterocycles. The molecule has 104 valence electrons. The average molecular weight is 273 g/mol. The summed E-state index contributed by atoms with van der Waals surface area (Å²) in [5.74, 6) is -0.453. The van der Waals surface area contributed by atoms with E-state index in [2.05, 4.69) is 10.6 Å². The van der Waals surface area contributed by atoms with Crippen LogP contribution >= 0.6 is 0 Å². The molecule has 0 unspecified atom stereocenters. The van der Waals surface area contributed by atoms with Gasteiger partial charge < -0.3 is 16.4 Å². The fourth-order valence-electron chi connectivity index (χ4n) is 1.83. The first kappa shape index (κ1) is 13.9. The number of halogens is 1. The van der Waals surface area contributed by atoms with Gasteiger partial charge in [-0.25, -0.2) is 4.39 Å². The third-order valence-corrected chi connectivity index (χ3v) is 2.98. The van der Waals surface area contributed by atoms with Crippen molar-refractivity contribution < 1.29 is 9.18 Å². The van der Waals surface area contributed by atoms with Crippen molar-refractivity contribution in [3.63, 3.8) is 0 Å². The molecule has 0 heterocycles. The summed E-state index contributed by atoms with van der Waals surface area (Å²) >= 11 is 0. The Balaban J connectivity index is 2.32. The molecule has 1 amide bonds. The maximum Gasteiger partial charge on any atom is 0.251 e. The van der Waals surface area contributed by atoms with Gasteiger partial charge >= 0.3 is 0 Å². The first-order chi connectivity index (χ1) is 9.51. The first-order valence-electron chi connectivity index (χ1n) is 6.16. The van der Waals surface area contributed by atoms with Crippen LogP contribution in [0.25, 0.3) is 0 Å². The van der Waals surface area contributed by atoms with Gasteiger partial charge in [0.2, 0.25) is 0 Å². The lowest BCUT2D eigenvalue weighted by Crippen LogP contribution is -2.17. The van der Waals surface area contributed by atoms with Gasteiger partial charge in [0.1, 0.15) is 5.82 Å². The second-order valence-corrected chi connectivity index (χ2v) is 4.47. The molecule has 0 saturated heterocycles. The zero-order valence-corrected chi connectivity index (χ0v) is 11.3. The lowest BCUT2D eigenvalue weighted by Gasteiger charge is -2.11. The van der Waals surface area contributed by atoms with Crippen LogP contribution in [0.5, 0.6) is 0 Å². The van der Waals surface area contributed by atoms with E-state index >= 15 is 0 Å². The maximum absolute atomic E-state index is 13.2. The van der Waals surface area contributed by atoms with E-state index in [0.717, 1.165) is 0 Å². The van der Waals surface area contributed by atoms with E-state index in [4.69, 9.17) is 5.73 Å². The quantitative estimate of drug-likeness (QED) is 0.753. The molecule has 0 aliphatic heterocycles. The van der Waals surface area contributed by atoms with Crippen molar-refractivity contribution in [2.75, 3.05) is 18.1 Å². The second kappa shape index (κ2) is 5.61. The number of hydrogen-bond donors (Lipinski definition) is 3. The Labute approximate surface area is 116 Å².